The Labute approximate surface area is 223 Å². The fraction of sp³-hybridized carbons (Fsp3) is 0.290. The van der Waals surface area contributed by atoms with Gasteiger partial charge < -0.3 is 24.8 Å². The molecular weight excluding hydrogens is 476 g/mol. The normalized spacial score (nSPS) is 12.8. The molecule has 0 spiro atoms. The highest BCUT2D eigenvalue weighted by atomic mass is 16.5. The minimum absolute atomic E-state index is 0.0331. The van der Waals surface area contributed by atoms with E-state index in [0.717, 1.165) is 30.3 Å². The molecule has 2 N–H and O–H groups in total. The first-order valence-electron chi connectivity index (χ1n) is 13.1. The van der Waals surface area contributed by atoms with Crippen molar-refractivity contribution in [2.24, 2.45) is 0 Å². The van der Waals surface area contributed by atoms with Gasteiger partial charge in [0, 0.05) is 36.2 Å². The van der Waals surface area contributed by atoms with Crippen molar-refractivity contribution in [3.05, 3.63) is 95.7 Å². The second-order valence-electron chi connectivity index (χ2n) is 9.90. The first-order chi connectivity index (χ1) is 18.5. The van der Waals surface area contributed by atoms with Crippen LogP contribution in [0.1, 0.15) is 29.5 Å². The Morgan fingerprint density at radius 1 is 1.00 bits per heavy atom. The molecule has 3 amide bonds. The molecule has 1 heterocycles. The molecule has 1 saturated carbocycles. The number of rotatable bonds is 10. The molecule has 0 radical (unpaired) electrons. The zero-order valence-corrected chi connectivity index (χ0v) is 21.9. The topological polar surface area (TPSA) is 77.7 Å². The third-order valence-electron chi connectivity index (χ3n) is 7.08. The summed E-state index contributed by atoms with van der Waals surface area (Å²) in [6.07, 6.45) is 4.55. The summed E-state index contributed by atoms with van der Waals surface area (Å²) in [5, 5.41) is 4.12. The van der Waals surface area contributed by atoms with E-state index >= 15 is 0 Å². The quantitative estimate of drug-likeness (QED) is 0.285. The number of ether oxygens (including phenoxy) is 1. The number of anilines is 1. The second kappa shape index (κ2) is 11.4. The van der Waals surface area contributed by atoms with E-state index in [4.69, 9.17) is 4.74 Å². The molecule has 3 aromatic carbocycles. The summed E-state index contributed by atoms with van der Waals surface area (Å²) < 4.78 is 5.38. The Bertz CT molecular complexity index is 1410. The highest BCUT2D eigenvalue weighted by Crippen LogP contribution is 2.29. The van der Waals surface area contributed by atoms with Crippen LogP contribution in [0.2, 0.25) is 0 Å². The van der Waals surface area contributed by atoms with E-state index in [-0.39, 0.29) is 24.5 Å². The van der Waals surface area contributed by atoms with E-state index in [2.05, 4.69) is 53.6 Å². The zero-order chi connectivity index (χ0) is 26.5. The maximum absolute atomic E-state index is 13.7. The van der Waals surface area contributed by atoms with Crippen molar-refractivity contribution in [3.63, 3.8) is 0 Å². The number of nitrogens with zero attached hydrogens (tertiary/aromatic N) is 2. The summed E-state index contributed by atoms with van der Waals surface area (Å²) >= 11 is 0. The van der Waals surface area contributed by atoms with Gasteiger partial charge in [-0.25, -0.2) is 4.79 Å². The van der Waals surface area contributed by atoms with Crippen molar-refractivity contribution >= 4 is 28.5 Å². The standard InChI is InChI=1S/C31H34N4O3/c1-22-11-13-23(14-12-22)20-34(18-17-24-19-32-27-8-4-3-7-26(24)27)30(36)21-35(25-15-16-25)31(37)33-28-9-5-6-10-29(28)38-2/h3-14,19,25,32H,15-18,20-21H2,1-2H3,(H,33,37). The molecule has 196 valence electrons. The maximum atomic E-state index is 13.7. The van der Waals surface area contributed by atoms with E-state index in [9.17, 15) is 9.59 Å². The summed E-state index contributed by atoms with van der Waals surface area (Å²) in [7, 11) is 1.57. The number of fused-ring (bicyclic) bond motifs is 1. The predicted molar refractivity (Wildman–Crippen MR) is 150 cm³/mol. The molecule has 0 bridgehead atoms. The molecule has 0 aliphatic heterocycles. The van der Waals surface area contributed by atoms with Crippen LogP contribution in [0.25, 0.3) is 10.9 Å². The summed E-state index contributed by atoms with van der Waals surface area (Å²) in [6.45, 7) is 3.14. The molecule has 1 fully saturated rings. The number of nitrogens with one attached hydrogen (secondary N) is 2. The number of amides is 3. The van der Waals surface area contributed by atoms with Crippen molar-refractivity contribution in [1.82, 2.24) is 14.8 Å². The molecule has 1 aliphatic carbocycles. The van der Waals surface area contributed by atoms with Crippen LogP contribution in [0.4, 0.5) is 10.5 Å². The highest BCUT2D eigenvalue weighted by Gasteiger charge is 2.35. The Balaban J connectivity index is 1.32. The molecule has 0 unspecified atom stereocenters. The largest absolute Gasteiger partial charge is 0.495 e. The predicted octanol–water partition coefficient (Wildman–Crippen LogP) is 5.75. The van der Waals surface area contributed by atoms with E-state index < -0.39 is 0 Å². The number of carbonyl (C=O) groups excluding carboxylic acids is 2. The van der Waals surface area contributed by atoms with E-state index in [1.54, 1.807) is 24.1 Å². The third kappa shape index (κ3) is 5.99. The Hall–Kier alpha value is -4.26. The van der Waals surface area contributed by atoms with Crippen molar-refractivity contribution in [3.8, 4) is 5.75 Å². The minimum Gasteiger partial charge on any atom is -0.495 e. The van der Waals surface area contributed by atoms with Crippen LogP contribution in [-0.4, -0.2) is 53.0 Å². The van der Waals surface area contributed by atoms with Crippen LogP contribution in [0.5, 0.6) is 5.75 Å². The van der Waals surface area contributed by atoms with Gasteiger partial charge in [-0.3, -0.25) is 4.79 Å². The Morgan fingerprint density at radius 3 is 2.50 bits per heavy atom. The van der Waals surface area contributed by atoms with Crippen LogP contribution in [0.3, 0.4) is 0 Å². The van der Waals surface area contributed by atoms with Gasteiger partial charge in [0.25, 0.3) is 0 Å². The Morgan fingerprint density at radius 2 is 1.74 bits per heavy atom. The van der Waals surface area contributed by atoms with Crippen molar-refractivity contribution in [2.45, 2.75) is 38.8 Å². The van der Waals surface area contributed by atoms with E-state index in [0.29, 0.717) is 24.5 Å². The van der Waals surface area contributed by atoms with Gasteiger partial charge in [-0.1, -0.05) is 60.2 Å². The van der Waals surface area contributed by atoms with Gasteiger partial charge in [0.2, 0.25) is 5.91 Å². The van der Waals surface area contributed by atoms with Crippen LogP contribution in [0, 0.1) is 6.92 Å². The third-order valence-corrected chi connectivity index (χ3v) is 7.08. The zero-order valence-electron chi connectivity index (χ0n) is 21.9. The maximum Gasteiger partial charge on any atom is 0.322 e. The first kappa shape index (κ1) is 25.4. The van der Waals surface area contributed by atoms with Crippen LogP contribution >= 0.6 is 0 Å². The average Bonchev–Trinajstić information content (AvgIpc) is 3.70. The number of carbonyl (C=O) groups is 2. The van der Waals surface area contributed by atoms with Gasteiger partial charge >= 0.3 is 6.03 Å². The van der Waals surface area contributed by atoms with Gasteiger partial charge in [0.1, 0.15) is 12.3 Å². The fourth-order valence-electron chi connectivity index (χ4n) is 4.73. The molecule has 0 saturated heterocycles. The number of para-hydroxylation sites is 3. The molecular formula is C31H34N4O3. The second-order valence-corrected chi connectivity index (χ2v) is 9.90. The molecule has 38 heavy (non-hydrogen) atoms. The number of aryl methyl sites for hydroxylation is 1. The summed E-state index contributed by atoms with van der Waals surface area (Å²) in [4.78, 5) is 33.9. The molecule has 7 heteroatoms. The Kier molecular flexibility index (Phi) is 7.63. The lowest BCUT2D eigenvalue weighted by Crippen LogP contribution is -2.45. The fourth-order valence-corrected chi connectivity index (χ4v) is 4.73. The number of hydrogen-bond acceptors (Lipinski definition) is 3. The number of urea groups is 1. The van der Waals surface area contributed by atoms with Crippen molar-refractivity contribution < 1.29 is 14.3 Å². The monoisotopic (exact) mass is 510 g/mol. The van der Waals surface area contributed by atoms with E-state index in [1.165, 1.54) is 16.5 Å². The van der Waals surface area contributed by atoms with Gasteiger partial charge in [0.15, 0.2) is 0 Å². The molecule has 5 rings (SSSR count). The summed E-state index contributed by atoms with van der Waals surface area (Å²) in [5.74, 6) is 0.523. The number of aromatic nitrogens is 1. The SMILES string of the molecule is COc1ccccc1NC(=O)N(CC(=O)N(CCc1c[nH]c2ccccc12)Cc1ccc(C)cc1)C1CC1. The van der Waals surface area contributed by atoms with Gasteiger partial charge in [-0.2, -0.15) is 0 Å². The average molecular weight is 511 g/mol. The molecule has 1 aliphatic rings. The van der Waals surface area contributed by atoms with Gasteiger partial charge in [-0.15, -0.1) is 0 Å². The first-order valence-corrected chi connectivity index (χ1v) is 13.1. The molecule has 4 aromatic rings. The lowest BCUT2D eigenvalue weighted by Gasteiger charge is -2.28. The number of aromatic amines is 1. The minimum atomic E-state index is -0.280. The number of benzene rings is 3. The molecule has 1 aromatic heterocycles. The lowest BCUT2D eigenvalue weighted by molar-refractivity contribution is -0.132. The van der Waals surface area contributed by atoms with Crippen LogP contribution in [-0.2, 0) is 17.8 Å². The van der Waals surface area contributed by atoms with Crippen molar-refractivity contribution in [1.29, 1.82) is 0 Å². The van der Waals surface area contributed by atoms with E-state index in [1.807, 2.05) is 35.4 Å². The smallest absolute Gasteiger partial charge is 0.322 e. The number of hydrogen-bond donors (Lipinski definition) is 2. The highest BCUT2D eigenvalue weighted by molar-refractivity contribution is 5.94. The van der Waals surface area contributed by atoms with Crippen LogP contribution < -0.4 is 10.1 Å². The molecule has 7 nitrogen and oxygen atoms in total. The van der Waals surface area contributed by atoms with Gasteiger partial charge in [0.05, 0.1) is 12.8 Å². The molecule has 0 atom stereocenters. The van der Waals surface area contributed by atoms with Gasteiger partial charge in [-0.05, 0) is 55.5 Å². The van der Waals surface area contributed by atoms with Crippen molar-refractivity contribution in [2.75, 3.05) is 25.5 Å². The summed E-state index contributed by atoms with van der Waals surface area (Å²) in [6, 6.07) is 23.6. The number of methoxy groups -OCH3 is 1. The van der Waals surface area contributed by atoms with Crippen LogP contribution in [0.15, 0.2) is 79.0 Å². The summed E-state index contributed by atoms with van der Waals surface area (Å²) in [5.41, 5.74) is 5.11. The lowest BCUT2D eigenvalue weighted by atomic mass is 10.1. The number of H-pyrrole nitrogens is 1.